The number of hydrogen-bond donors (Lipinski definition) is 2. The fourth-order valence-corrected chi connectivity index (χ4v) is 2.17. The van der Waals surface area contributed by atoms with Crippen molar-refractivity contribution in [2.45, 2.75) is 31.7 Å². The number of carbonyl (C=O) groups excluding carboxylic acids is 1. The van der Waals surface area contributed by atoms with Crippen LogP contribution in [0.1, 0.15) is 36.2 Å². The van der Waals surface area contributed by atoms with Crippen molar-refractivity contribution in [3.63, 3.8) is 0 Å². The molecule has 1 aromatic rings. The van der Waals surface area contributed by atoms with Crippen molar-refractivity contribution in [3.8, 4) is 0 Å². The Morgan fingerprint density at radius 2 is 2.18 bits per heavy atom. The average molecular weight is 238 g/mol. The van der Waals surface area contributed by atoms with Crippen molar-refractivity contribution >= 4 is 11.9 Å². The Hall–Kier alpha value is -1.85. The lowest BCUT2D eigenvalue weighted by atomic mass is 9.84. The lowest BCUT2D eigenvalue weighted by Crippen LogP contribution is -2.45. The molecule has 1 saturated carbocycles. The summed E-state index contributed by atoms with van der Waals surface area (Å²) in [5.41, 5.74) is 0. The molecule has 1 amide bonds. The summed E-state index contributed by atoms with van der Waals surface area (Å²) in [5, 5.41) is 15.2. The smallest absolute Gasteiger partial charge is 0.308 e. The number of carbonyl (C=O) groups is 2. The van der Waals surface area contributed by atoms with Crippen LogP contribution in [-0.4, -0.2) is 28.2 Å². The molecule has 2 N–H and O–H groups in total. The monoisotopic (exact) mass is 238 g/mol. The van der Waals surface area contributed by atoms with E-state index in [1.807, 2.05) is 0 Å². The molecule has 92 valence electrons. The molecule has 6 heteroatoms. The van der Waals surface area contributed by atoms with E-state index in [0.29, 0.717) is 12.8 Å². The van der Waals surface area contributed by atoms with Crippen LogP contribution in [-0.2, 0) is 4.79 Å². The Morgan fingerprint density at radius 1 is 1.41 bits per heavy atom. The first-order valence-electron chi connectivity index (χ1n) is 5.63. The number of rotatable bonds is 3. The fraction of sp³-hybridized carbons (Fsp3) is 0.545. The Labute approximate surface area is 98.0 Å². The van der Waals surface area contributed by atoms with Gasteiger partial charge in [-0.3, -0.25) is 9.59 Å². The Morgan fingerprint density at radius 3 is 2.82 bits per heavy atom. The molecule has 17 heavy (non-hydrogen) atoms. The zero-order valence-electron chi connectivity index (χ0n) is 9.26. The quantitative estimate of drug-likeness (QED) is 0.821. The summed E-state index contributed by atoms with van der Waals surface area (Å²) in [6.07, 6.45) is 4.51. The molecule has 0 radical (unpaired) electrons. The van der Waals surface area contributed by atoms with Gasteiger partial charge in [0.25, 0.3) is 5.91 Å². The molecule has 1 heterocycles. The van der Waals surface area contributed by atoms with E-state index in [-0.39, 0.29) is 11.8 Å². The standard InChI is InChI=1S/C11H14N2O4/c14-10(9-5-6-12-17-9)13-8-4-2-1-3-7(8)11(15)16/h5-8H,1-4H2,(H,13,14)(H,15,16)/t7-,8-/m1/s1. The molecule has 2 atom stereocenters. The van der Waals surface area contributed by atoms with Crippen LogP contribution in [0.5, 0.6) is 0 Å². The van der Waals surface area contributed by atoms with E-state index in [1.165, 1.54) is 12.3 Å². The van der Waals surface area contributed by atoms with Crippen molar-refractivity contribution in [3.05, 3.63) is 18.0 Å². The minimum absolute atomic E-state index is 0.111. The second-order valence-corrected chi connectivity index (χ2v) is 4.19. The first-order valence-corrected chi connectivity index (χ1v) is 5.63. The minimum Gasteiger partial charge on any atom is -0.481 e. The highest BCUT2D eigenvalue weighted by atomic mass is 16.5. The van der Waals surface area contributed by atoms with Gasteiger partial charge in [0.15, 0.2) is 0 Å². The molecule has 0 saturated heterocycles. The van der Waals surface area contributed by atoms with Gasteiger partial charge in [0.05, 0.1) is 12.1 Å². The number of amides is 1. The van der Waals surface area contributed by atoms with Gasteiger partial charge in [-0.05, 0) is 12.8 Å². The topological polar surface area (TPSA) is 92.4 Å². The second-order valence-electron chi connectivity index (χ2n) is 4.19. The molecule has 2 rings (SSSR count). The van der Waals surface area contributed by atoms with E-state index in [0.717, 1.165) is 12.8 Å². The maximum Gasteiger partial charge on any atom is 0.308 e. The summed E-state index contributed by atoms with van der Waals surface area (Å²) in [7, 11) is 0. The molecule has 0 bridgehead atoms. The Balaban J connectivity index is 2.01. The van der Waals surface area contributed by atoms with Gasteiger partial charge in [-0.1, -0.05) is 18.0 Å². The number of aromatic nitrogens is 1. The molecular formula is C11H14N2O4. The van der Waals surface area contributed by atoms with Gasteiger partial charge in [-0.15, -0.1) is 0 Å². The highest BCUT2D eigenvalue weighted by Gasteiger charge is 2.32. The summed E-state index contributed by atoms with van der Waals surface area (Å²) in [5.74, 6) is -1.65. The average Bonchev–Trinajstić information content (AvgIpc) is 2.83. The van der Waals surface area contributed by atoms with E-state index in [4.69, 9.17) is 9.63 Å². The van der Waals surface area contributed by atoms with Gasteiger partial charge in [-0.25, -0.2) is 0 Å². The van der Waals surface area contributed by atoms with Crippen molar-refractivity contribution < 1.29 is 19.2 Å². The highest BCUT2D eigenvalue weighted by molar-refractivity contribution is 5.91. The fourth-order valence-electron chi connectivity index (χ4n) is 2.17. The number of carboxylic acids is 1. The molecular weight excluding hydrogens is 224 g/mol. The first-order chi connectivity index (χ1) is 8.18. The van der Waals surface area contributed by atoms with E-state index < -0.39 is 17.8 Å². The molecule has 0 aromatic carbocycles. The SMILES string of the molecule is O=C(N[C@@H]1CCCC[C@H]1C(=O)O)c1ccno1. The van der Waals surface area contributed by atoms with E-state index in [9.17, 15) is 9.59 Å². The van der Waals surface area contributed by atoms with E-state index in [1.54, 1.807) is 0 Å². The Kier molecular flexibility index (Phi) is 3.41. The molecule has 1 aromatic heterocycles. The number of hydrogen-bond acceptors (Lipinski definition) is 4. The van der Waals surface area contributed by atoms with Crippen LogP contribution in [0.25, 0.3) is 0 Å². The van der Waals surface area contributed by atoms with Crippen molar-refractivity contribution in [1.29, 1.82) is 0 Å². The highest BCUT2D eigenvalue weighted by Crippen LogP contribution is 2.24. The van der Waals surface area contributed by atoms with Crippen molar-refractivity contribution in [2.75, 3.05) is 0 Å². The van der Waals surface area contributed by atoms with Crippen LogP contribution in [0.15, 0.2) is 16.8 Å². The Bertz CT molecular complexity index is 402. The van der Waals surface area contributed by atoms with E-state index in [2.05, 4.69) is 10.5 Å². The molecule has 0 unspecified atom stereocenters. The van der Waals surface area contributed by atoms with Gasteiger partial charge in [-0.2, -0.15) is 0 Å². The van der Waals surface area contributed by atoms with Gasteiger partial charge in [0.1, 0.15) is 0 Å². The maximum atomic E-state index is 11.7. The van der Waals surface area contributed by atoms with Gasteiger partial charge >= 0.3 is 5.97 Å². The number of aliphatic carboxylic acids is 1. The summed E-state index contributed by atoms with van der Waals surface area (Å²) in [6.45, 7) is 0. The second kappa shape index (κ2) is 4.99. The molecule has 6 nitrogen and oxygen atoms in total. The molecule has 1 aliphatic carbocycles. The summed E-state index contributed by atoms with van der Waals surface area (Å²) in [4.78, 5) is 22.8. The number of nitrogens with one attached hydrogen (secondary N) is 1. The van der Waals surface area contributed by atoms with Gasteiger partial charge in [0.2, 0.25) is 5.76 Å². The zero-order valence-corrected chi connectivity index (χ0v) is 9.26. The number of carboxylic acid groups (broad SMARTS) is 1. The van der Waals surface area contributed by atoms with Gasteiger partial charge in [0, 0.05) is 12.1 Å². The minimum atomic E-state index is -0.854. The third-order valence-electron chi connectivity index (χ3n) is 3.06. The normalized spacial score (nSPS) is 24.2. The molecule has 1 fully saturated rings. The van der Waals surface area contributed by atoms with Crippen LogP contribution >= 0.6 is 0 Å². The van der Waals surface area contributed by atoms with Crippen molar-refractivity contribution in [2.24, 2.45) is 5.92 Å². The molecule has 0 spiro atoms. The van der Waals surface area contributed by atoms with Crippen molar-refractivity contribution in [1.82, 2.24) is 10.5 Å². The zero-order chi connectivity index (χ0) is 12.3. The van der Waals surface area contributed by atoms with Crippen LogP contribution in [0.3, 0.4) is 0 Å². The van der Waals surface area contributed by atoms with Gasteiger partial charge < -0.3 is 14.9 Å². The maximum absolute atomic E-state index is 11.7. The third kappa shape index (κ3) is 2.64. The lowest BCUT2D eigenvalue weighted by molar-refractivity contribution is -0.143. The summed E-state index contributed by atoms with van der Waals surface area (Å²) >= 11 is 0. The van der Waals surface area contributed by atoms with E-state index >= 15 is 0 Å². The van der Waals surface area contributed by atoms with Crippen LogP contribution in [0, 0.1) is 5.92 Å². The predicted molar refractivity (Wildman–Crippen MR) is 57.4 cm³/mol. The number of nitrogens with zero attached hydrogens (tertiary/aromatic N) is 1. The lowest BCUT2D eigenvalue weighted by Gasteiger charge is -2.28. The summed E-state index contributed by atoms with van der Waals surface area (Å²) < 4.78 is 4.72. The largest absolute Gasteiger partial charge is 0.481 e. The third-order valence-corrected chi connectivity index (χ3v) is 3.06. The van der Waals surface area contributed by atoms with Crippen LogP contribution < -0.4 is 5.32 Å². The first kappa shape index (κ1) is 11.6. The van der Waals surface area contributed by atoms with Crippen LogP contribution in [0.4, 0.5) is 0 Å². The molecule has 0 aliphatic heterocycles. The predicted octanol–water partition coefficient (Wildman–Crippen LogP) is 1.05. The molecule has 1 aliphatic rings. The summed E-state index contributed by atoms with van der Waals surface area (Å²) in [6, 6.07) is 1.13. The van der Waals surface area contributed by atoms with Crippen LogP contribution in [0.2, 0.25) is 0 Å².